The highest BCUT2D eigenvalue weighted by Crippen LogP contribution is 2.10. The van der Waals surface area contributed by atoms with Gasteiger partial charge in [0.1, 0.15) is 6.54 Å². The van der Waals surface area contributed by atoms with Crippen molar-refractivity contribution in [3.8, 4) is 0 Å². The van der Waals surface area contributed by atoms with E-state index in [0.29, 0.717) is 26.3 Å². The molecule has 1 heterocycles. The minimum Gasteiger partial charge on any atom is -0.480 e. The van der Waals surface area contributed by atoms with Crippen LogP contribution in [-0.2, 0) is 9.53 Å². The number of carbonyl (C=O) groups is 2. The summed E-state index contributed by atoms with van der Waals surface area (Å²) in [4.78, 5) is 26.3. The van der Waals surface area contributed by atoms with Crippen LogP contribution in [0.2, 0.25) is 0 Å². The van der Waals surface area contributed by atoms with Gasteiger partial charge in [0, 0.05) is 25.7 Å². The van der Waals surface area contributed by atoms with Gasteiger partial charge in [-0.3, -0.25) is 4.79 Å². The molecule has 0 saturated carbocycles. The molecule has 6 heteroatoms. The van der Waals surface area contributed by atoms with Crippen LogP contribution in [0, 0.1) is 0 Å². The number of hydrogen-bond acceptors (Lipinski definition) is 3. The van der Waals surface area contributed by atoms with Crippen molar-refractivity contribution >= 4 is 12.0 Å². The molecule has 0 aromatic heterocycles. The lowest BCUT2D eigenvalue weighted by Crippen LogP contribution is -2.49. The smallest absolute Gasteiger partial charge is 0.323 e. The number of hydrogen-bond donors (Lipinski definition) is 1. The number of carboxylic acids is 1. The first-order chi connectivity index (χ1) is 8.56. The molecule has 1 unspecified atom stereocenters. The molecule has 6 nitrogen and oxygen atoms in total. The molecule has 1 rings (SSSR count). The molecule has 0 aromatic rings. The lowest BCUT2D eigenvalue weighted by Gasteiger charge is -2.32. The van der Waals surface area contributed by atoms with E-state index in [4.69, 9.17) is 9.84 Å². The number of nitrogens with zero attached hydrogens (tertiary/aromatic N) is 2. The molecular weight excluding hydrogens is 236 g/mol. The van der Waals surface area contributed by atoms with E-state index in [0.717, 1.165) is 12.8 Å². The van der Waals surface area contributed by atoms with Crippen LogP contribution in [0.1, 0.15) is 26.7 Å². The van der Waals surface area contributed by atoms with E-state index in [2.05, 4.69) is 0 Å². The van der Waals surface area contributed by atoms with E-state index in [9.17, 15) is 9.59 Å². The van der Waals surface area contributed by atoms with Crippen LogP contribution < -0.4 is 0 Å². The first-order valence-electron chi connectivity index (χ1n) is 6.41. The van der Waals surface area contributed by atoms with Crippen molar-refractivity contribution in [3.05, 3.63) is 0 Å². The predicted octanol–water partition coefficient (Wildman–Crippen LogP) is 1.01. The molecule has 0 aliphatic carbocycles. The van der Waals surface area contributed by atoms with Crippen molar-refractivity contribution in [2.75, 3.05) is 32.8 Å². The zero-order valence-electron chi connectivity index (χ0n) is 11.1. The maximum Gasteiger partial charge on any atom is 0.323 e. The van der Waals surface area contributed by atoms with E-state index in [1.807, 2.05) is 13.8 Å². The third-order valence-corrected chi connectivity index (χ3v) is 3.17. The Balaban J connectivity index is 2.69. The first kappa shape index (κ1) is 14.8. The Morgan fingerprint density at radius 2 is 2.11 bits per heavy atom. The average Bonchev–Trinajstić information content (AvgIpc) is 2.62. The lowest BCUT2D eigenvalue weighted by molar-refractivity contribution is -0.138. The monoisotopic (exact) mass is 258 g/mol. The Hall–Kier alpha value is -1.30. The third-order valence-electron chi connectivity index (χ3n) is 3.17. The summed E-state index contributed by atoms with van der Waals surface area (Å²) in [5, 5.41) is 8.89. The largest absolute Gasteiger partial charge is 0.480 e. The summed E-state index contributed by atoms with van der Waals surface area (Å²) in [6, 6.07) is -0.268. The minimum atomic E-state index is -0.977. The molecule has 1 aliphatic rings. The van der Waals surface area contributed by atoms with Crippen molar-refractivity contribution in [2.45, 2.75) is 32.7 Å². The molecule has 1 atom stereocenters. The maximum absolute atomic E-state index is 12.3. The fourth-order valence-electron chi connectivity index (χ4n) is 1.90. The van der Waals surface area contributed by atoms with Gasteiger partial charge >= 0.3 is 12.0 Å². The number of aliphatic carboxylic acids is 1. The Labute approximate surface area is 107 Å². The van der Waals surface area contributed by atoms with Crippen LogP contribution in [0.15, 0.2) is 0 Å². The van der Waals surface area contributed by atoms with Crippen molar-refractivity contribution in [1.82, 2.24) is 9.80 Å². The second kappa shape index (κ2) is 7.20. The second-order valence-corrected chi connectivity index (χ2v) is 4.51. The molecule has 0 bridgehead atoms. The van der Waals surface area contributed by atoms with Crippen LogP contribution in [0.4, 0.5) is 4.79 Å². The van der Waals surface area contributed by atoms with Gasteiger partial charge in [-0.2, -0.15) is 0 Å². The first-order valence-corrected chi connectivity index (χ1v) is 6.41. The van der Waals surface area contributed by atoms with Crippen LogP contribution in [0.3, 0.4) is 0 Å². The SMILES string of the molecule is CCC(C)N(CC(=O)O)C(=O)N1CCCOCC1. The zero-order valence-corrected chi connectivity index (χ0v) is 11.1. The van der Waals surface area contributed by atoms with Gasteiger partial charge < -0.3 is 19.6 Å². The number of rotatable bonds is 4. The Morgan fingerprint density at radius 3 is 2.72 bits per heavy atom. The molecule has 1 fully saturated rings. The van der Waals surface area contributed by atoms with E-state index in [1.54, 1.807) is 4.90 Å². The van der Waals surface area contributed by atoms with Crippen molar-refractivity contribution in [2.24, 2.45) is 0 Å². The van der Waals surface area contributed by atoms with Gasteiger partial charge in [0.05, 0.1) is 6.61 Å². The highest BCUT2D eigenvalue weighted by Gasteiger charge is 2.26. The lowest BCUT2D eigenvalue weighted by atomic mass is 10.2. The molecule has 2 amide bonds. The number of amides is 2. The third kappa shape index (κ3) is 4.18. The predicted molar refractivity (Wildman–Crippen MR) is 66.5 cm³/mol. The van der Waals surface area contributed by atoms with Gasteiger partial charge in [0.2, 0.25) is 0 Å². The number of urea groups is 1. The molecule has 1 saturated heterocycles. The Bertz CT molecular complexity index is 288. The number of carboxylic acid groups (broad SMARTS) is 1. The average molecular weight is 258 g/mol. The summed E-state index contributed by atoms with van der Waals surface area (Å²) in [6.07, 6.45) is 1.54. The second-order valence-electron chi connectivity index (χ2n) is 4.51. The standard InChI is InChI=1S/C12H22N2O4/c1-3-10(2)14(9-11(15)16)12(17)13-5-4-7-18-8-6-13/h10H,3-9H2,1-2H3,(H,15,16). The number of ether oxygens (including phenoxy) is 1. The van der Waals surface area contributed by atoms with Crippen molar-refractivity contribution in [1.29, 1.82) is 0 Å². The molecular formula is C12H22N2O4. The maximum atomic E-state index is 12.3. The van der Waals surface area contributed by atoms with Gasteiger partial charge in [-0.15, -0.1) is 0 Å². The van der Waals surface area contributed by atoms with Crippen LogP contribution in [-0.4, -0.2) is 65.8 Å². The van der Waals surface area contributed by atoms with Crippen LogP contribution in [0.25, 0.3) is 0 Å². The topological polar surface area (TPSA) is 70.1 Å². The molecule has 104 valence electrons. The zero-order chi connectivity index (χ0) is 13.5. The molecule has 0 spiro atoms. The Morgan fingerprint density at radius 1 is 1.39 bits per heavy atom. The minimum absolute atomic E-state index is 0.0715. The molecule has 18 heavy (non-hydrogen) atoms. The van der Waals surface area contributed by atoms with E-state index in [-0.39, 0.29) is 18.6 Å². The van der Waals surface area contributed by atoms with E-state index >= 15 is 0 Å². The fraction of sp³-hybridized carbons (Fsp3) is 0.833. The number of carbonyl (C=O) groups excluding carboxylic acids is 1. The van der Waals surface area contributed by atoms with E-state index < -0.39 is 5.97 Å². The molecule has 1 aliphatic heterocycles. The molecule has 0 radical (unpaired) electrons. The fourth-order valence-corrected chi connectivity index (χ4v) is 1.90. The van der Waals surface area contributed by atoms with Gasteiger partial charge in [-0.25, -0.2) is 4.79 Å². The van der Waals surface area contributed by atoms with Crippen molar-refractivity contribution < 1.29 is 19.4 Å². The Kier molecular flexibility index (Phi) is 5.91. The van der Waals surface area contributed by atoms with Crippen LogP contribution in [0.5, 0.6) is 0 Å². The van der Waals surface area contributed by atoms with Gasteiger partial charge in [-0.05, 0) is 19.8 Å². The van der Waals surface area contributed by atoms with Crippen molar-refractivity contribution in [3.63, 3.8) is 0 Å². The summed E-state index contributed by atoms with van der Waals surface area (Å²) in [7, 11) is 0. The summed E-state index contributed by atoms with van der Waals surface area (Å²) in [5.74, 6) is -0.977. The molecule has 1 N–H and O–H groups in total. The highest BCUT2D eigenvalue weighted by atomic mass is 16.5. The van der Waals surface area contributed by atoms with Gasteiger partial charge in [-0.1, -0.05) is 6.92 Å². The van der Waals surface area contributed by atoms with E-state index in [1.165, 1.54) is 4.90 Å². The quantitative estimate of drug-likeness (QED) is 0.817. The van der Waals surface area contributed by atoms with Gasteiger partial charge in [0.25, 0.3) is 0 Å². The van der Waals surface area contributed by atoms with Crippen LogP contribution >= 0.6 is 0 Å². The normalized spacial score (nSPS) is 18.0. The summed E-state index contributed by atoms with van der Waals surface area (Å²) >= 11 is 0. The van der Waals surface area contributed by atoms with Gasteiger partial charge in [0.15, 0.2) is 0 Å². The summed E-state index contributed by atoms with van der Waals surface area (Å²) in [5.41, 5.74) is 0. The molecule has 0 aromatic carbocycles. The highest BCUT2D eigenvalue weighted by molar-refractivity contribution is 5.80. The summed E-state index contributed by atoms with van der Waals surface area (Å²) in [6.45, 7) is 5.91. The summed E-state index contributed by atoms with van der Waals surface area (Å²) < 4.78 is 5.29.